The highest BCUT2D eigenvalue weighted by Gasteiger charge is 2.13. The molecule has 6 heteroatoms. The number of nitrogens with one attached hydrogen (secondary N) is 1. The molecule has 0 saturated heterocycles. The molecular weight excluding hydrogens is 270 g/mol. The molecule has 0 bridgehead atoms. The molecule has 0 unspecified atom stereocenters. The SMILES string of the molecule is Nc1ccc2nc(NCc3ccc4c(c3)OCO4)oc2c1. The Morgan fingerprint density at radius 1 is 1.10 bits per heavy atom. The smallest absolute Gasteiger partial charge is 0.295 e. The lowest BCUT2D eigenvalue weighted by atomic mass is 10.2. The number of hydrogen-bond donors (Lipinski definition) is 2. The Bertz CT molecular complexity index is 813. The Balaban J connectivity index is 1.52. The van der Waals surface area contributed by atoms with Gasteiger partial charge in [0.1, 0.15) is 5.52 Å². The van der Waals surface area contributed by atoms with Crippen LogP contribution in [0.1, 0.15) is 5.56 Å². The Morgan fingerprint density at radius 2 is 2.00 bits per heavy atom. The van der Waals surface area contributed by atoms with Gasteiger partial charge in [0.05, 0.1) is 0 Å². The summed E-state index contributed by atoms with van der Waals surface area (Å²) in [6.45, 7) is 0.859. The van der Waals surface area contributed by atoms with Crippen LogP contribution in [-0.4, -0.2) is 11.8 Å². The predicted molar refractivity (Wildman–Crippen MR) is 78.3 cm³/mol. The highest BCUT2D eigenvalue weighted by atomic mass is 16.7. The molecule has 2 heterocycles. The van der Waals surface area contributed by atoms with E-state index in [1.54, 1.807) is 12.1 Å². The average molecular weight is 283 g/mol. The summed E-state index contributed by atoms with van der Waals surface area (Å²) in [5.41, 5.74) is 8.87. The number of fused-ring (bicyclic) bond motifs is 2. The molecule has 106 valence electrons. The van der Waals surface area contributed by atoms with Crippen molar-refractivity contribution in [3.05, 3.63) is 42.0 Å². The standard InChI is InChI=1S/C15H13N3O3/c16-10-2-3-11-13(6-10)21-15(18-11)17-7-9-1-4-12-14(5-9)20-8-19-12/h1-6H,7-8,16H2,(H,17,18). The first kappa shape index (κ1) is 11.9. The van der Waals surface area contributed by atoms with Crippen molar-refractivity contribution in [1.82, 2.24) is 4.98 Å². The monoisotopic (exact) mass is 283 g/mol. The van der Waals surface area contributed by atoms with Gasteiger partial charge in [0, 0.05) is 18.3 Å². The fourth-order valence-corrected chi connectivity index (χ4v) is 2.25. The first-order chi connectivity index (χ1) is 10.3. The topological polar surface area (TPSA) is 82.5 Å². The maximum Gasteiger partial charge on any atom is 0.295 e. The van der Waals surface area contributed by atoms with E-state index in [-0.39, 0.29) is 6.79 Å². The van der Waals surface area contributed by atoms with Gasteiger partial charge in [0.15, 0.2) is 17.1 Å². The molecule has 2 aromatic carbocycles. The molecule has 1 aromatic heterocycles. The van der Waals surface area contributed by atoms with Crippen LogP contribution in [0.2, 0.25) is 0 Å². The van der Waals surface area contributed by atoms with Gasteiger partial charge in [0.25, 0.3) is 6.01 Å². The van der Waals surface area contributed by atoms with Crippen molar-refractivity contribution in [2.24, 2.45) is 0 Å². The third-order valence-corrected chi connectivity index (χ3v) is 3.29. The van der Waals surface area contributed by atoms with E-state index in [9.17, 15) is 0 Å². The number of rotatable bonds is 3. The summed E-state index contributed by atoms with van der Waals surface area (Å²) in [4.78, 5) is 4.35. The fourth-order valence-electron chi connectivity index (χ4n) is 2.25. The van der Waals surface area contributed by atoms with Crippen molar-refractivity contribution in [1.29, 1.82) is 0 Å². The van der Waals surface area contributed by atoms with Gasteiger partial charge in [-0.2, -0.15) is 4.98 Å². The van der Waals surface area contributed by atoms with Crippen LogP contribution in [0, 0.1) is 0 Å². The molecule has 1 aliphatic heterocycles. The number of nitrogen functional groups attached to an aromatic ring is 1. The van der Waals surface area contributed by atoms with Gasteiger partial charge < -0.3 is 24.9 Å². The number of oxazole rings is 1. The molecule has 3 N–H and O–H groups in total. The number of anilines is 2. The second-order valence-electron chi connectivity index (χ2n) is 4.79. The van der Waals surface area contributed by atoms with E-state index < -0.39 is 0 Å². The highest BCUT2D eigenvalue weighted by Crippen LogP contribution is 2.32. The maximum absolute atomic E-state index is 5.72. The number of aromatic nitrogens is 1. The zero-order chi connectivity index (χ0) is 14.2. The van der Waals surface area contributed by atoms with E-state index in [1.807, 2.05) is 24.3 Å². The van der Waals surface area contributed by atoms with Crippen molar-refractivity contribution in [3.63, 3.8) is 0 Å². The Hall–Kier alpha value is -2.89. The first-order valence-electron chi connectivity index (χ1n) is 6.56. The molecule has 21 heavy (non-hydrogen) atoms. The zero-order valence-electron chi connectivity index (χ0n) is 11.1. The zero-order valence-corrected chi connectivity index (χ0v) is 11.1. The number of benzene rings is 2. The molecule has 6 nitrogen and oxygen atoms in total. The summed E-state index contributed by atoms with van der Waals surface area (Å²) >= 11 is 0. The van der Waals surface area contributed by atoms with E-state index >= 15 is 0 Å². The molecular formula is C15H13N3O3. The van der Waals surface area contributed by atoms with Crippen LogP contribution < -0.4 is 20.5 Å². The summed E-state index contributed by atoms with van der Waals surface area (Å²) in [6.07, 6.45) is 0. The van der Waals surface area contributed by atoms with Crippen LogP contribution in [0.15, 0.2) is 40.8 Å². The van der Waals surface area contributed by atoms with Gasteiger partial charge in [0.2, 0.25) is 6.79 Å². The third-order valence-electron chi connectivity index (χ3n) is 3.29. The Morgan fingerprint density at radius 3 is 2.95 bits per heavy atom. The maximum atomic E-state index is 5.72. The molecule has 0 radical (unpaired) electrons. The molecule has 0 atom stereocenters. The van der Waals surface area contributed by atoms with Crippen molar-refractivity contribution >= 4 is 22.8 Å². The average Bonchev–Trinajstić information content (AvgIpc) is 3.09. The number of ether oxygens (including phenoxy) is 2. The minimum Gasteiger partial charge on any atom is -0.454 e. The summed E-state index contributed by atoms with van der Waals surface area (Å²) in [7, 11) is 0. The van der Waals surface area contributed by atoms with E-state index in [1.165, 1.54) is 0 Å². The van der Waals surface area contributed by atoms with Crippen LogP contribution in [0.4, 0.5) is 11.7 Å². The molecule has 0 fully saturated rings. The molecule has 4 rings (SSSR count). The lowest BCUT2D eigenvalue weighted by Gasteiger charge is -2.03. The van der Waals surface area contributed by atoms with Gasteiger partial charge in [-0.1, -0.05) is 6.07 Å². The lowest BCUT2D eigenvalue weighted by Crippen LogP contribution is -1.99. The van der Waals surface area contributed by atoms with Crippen LogP contribution in [0.5, 0.6) is 11.5 Å². The Labute approximate surface area is 120 Å². The van der Waals surface area contributed by atoms with E-state index in [2.05, 4.69) is 10.3 Å². The number of nitrogens with two attached hydrogens (primary N) is 1. The van der Waals surface area contributed by atoms with Crippen LogP contribution >= 0.6 is 0 Å². The van der Waals surface area contributed by atoms with Crippen molar-refractivity contribution in [2.75, 3.05) is 17.8 Å². The van der Waals surface area contributed by atoms with Crippen molar-refractivity contribution < 1.29 is 13.9 Å². The van der Waals surface area contributed by atoms with Crippen LogP contribution in [0.25, 0.3) is 11.1 Å². The van der Waals surface area contributed by atoms with E-state index in [0.29, 0.717) is 23.8 Å². The number of hydrogen-bond acceptors (Lipinski definition) is 6. The second kappa shape index (κ2) is 4.59. The van der Waals surface area contributed by atoms with Crippen LogP contribution in [-0.2, 0) is 6.54 Å². The molecule has 0 saturated carbocycles. The van der Waals surface area contributed by atoms with Gasteiger partial charge in [-0.25, -0.2) is 0 Å². The molecule has 0 amide bonds. The molecule has 1 aliphatic rings. The van der Waals surface area contributed by atoms with Crippen LogP contribution in [0.3, 0.4) is 0 Å². The normalized spacial score (nSPS) is 12.8. The summed E-state index contributed by atoms with van der Waals surface area (Å²) < 4.78 is 16.2. The Kier molecular flexibility index (Phi) is 2.60. The third kappa shape index (κ3) is 2.20. The first-order valence-corrected chi connectivity index (χ1v) is 6.56. The minimum atomic E-state index is 0.277. The summed E-state index contributed by atoms with van der Waals surface area (Å²) in [5.74, 6) is 1.54. The van der Waals surface area contributed by atoms with E-state index in [4.69, 9.17) is 19.6 Å². The second-order valence-corrected chi connectivity index (χ2v) is 4.79. The molecule has 3 aromatic rings. The minimum absolute atomic E-state index is 0.277. The van der Waals surface area contributed by atoms with Gasteiger partial charge in [-0.05, 0) is 29.8 Å². The van der Waals surface area contributed by atoms with Crippen molar-refractivity contribution in [3.8, 4) is 11.5 Å². The lowest BCUT2D eigenvalue weighted by molar-refractivity contribution is 0.174. The predicted octanol–water partition coefficient (Wildman–Crippen LogP) is 2.75. The number of nitrogens with zero attached hydrogens (tertiary/aromatic N) is 1. The fraction of sp³-hybridized carbons (Fsp3) is 0.133. The van der Waals surface area contributed by atoms with Gasteiger partial charge in [-0.15, -0.1) is 0 Å². The van der Waals surface area contributed by atoms with Gasteiger partial charge in [-0.3, -0.25) is 0 Å². The molecule has 0 aliphatic carbocycles. The largest absolute Gasteiger partial charge is 0.454 e. The molecule has 0 spiro atoms. The highest BCUT2D eigenvalue weighted by molar-refractivity contribution is 5.78. The van der Waals surface area contributed by atoms with E-state index in [0.717, 1.165) is 22.6 Å². The quantitative estimate of drug-likeness (QED) is 0.719. The summed E-state index contributed by atoms with van der Waals surface area (Å²) in [6, 6.07) is 11.7. The van der Waals surface area contributed by atoms with Gasteiger partial charge >= 0.3 is 0 Å². The van der Waals surface area contributed by atoms with Crippen molar-refractivity contribution in [2.45, 2.75) is 6.54 Å². The summed E-state index contributed by atoms with van der Waals surface area (Å²) in [5, 5.41) is 3.15.